The predicted molar refractivity (Wildman–Crippen MR) is 68.3 cm³/mol. The van der Waals surface area contributed by atoms with Crippen molar-refractivity contribution in [3.63, 3.8) is 0 Å². The van der Waals surface area contributed by atoms with Crippen LogP contribution in [0.3, 0.4) is 0 Å². The molecule has 0 atom stereocenters. The van der Waals surface area contributed by atoms with Crippen LogP contribution in [0.1, 0.15) is 5.69 Å². The number of hydrogen-bond donors (Lipinski definition) is 2. The number of aromatic amines is 1. The molecule has 5 heteroatoms. The Labute approximate surface area is 103 Å². The normalized spacial score (nSPS) is 10.9. The van der Waals surface area contributed by atoms with Gasteiger partial charge in [-0.25, -0.2) is 0 Å². The summed E-state index contributed by atoms with van der Waals surface area (Å²) in [7, 11) is 3.91. The number of hydrogen-bond acceptors (Lipinski definition) is 2. The van der Waals surface area contributed by atoms with E-state index in [1.807, 2.05) is 37.1 Å². The third-order valence-corrected chi connectivity index (χ3v) is 3.35. The van der Waals surface area contributed by atoms with Crippen LogP contribution in [0.15, 0.2) is 22.8 Å². The van der Waals surface area contributed by atoms with Crippen LogP contribution >= 0.6 is 15.9 Å². The molecule has 0 fully saturated rings. The third-order valence-electron chi connectivity index (χ3n) is 2.52. The summed E-state index contributed by atoms with van der Waals surface area (Å²) < 4.78 is 2.98. The van der Waals surface area contributed by atoms with E-state index >= 15 is 0 Å². The predicted octanol–water partition coefficient (Wildman–Crippen LogP) is 1.94. The van der Waals surface area contributed by atoms with Gasteiger partial charge in [0.1, 0.15) is 0 Å². The number of H-pyrrole nitrogens is 1. The van der Waals surface area contributed by atoms with Gasteiger partial charge in [-0.15, -0.1) is 0 Å². The number of nitrogens with one attached hydrogen (secondary N) is 2. The molecule has 0 aromatic carbocycles. The molecule has 0 bridgehead atoms. The second kappa shape index (κ2) is 4.84. The molecule has 0 aliphatic rings. The average Bonchev–Trinajstić information content (AvgIpc) is 2.85. The molecular formula is C11H15BrN4. The lowest BCUT2D eigenvalue weighted by Gasteiger charge is -1.99. The first kappa shape index (κ1) is 11.4. The van der Waals surface area contributed by atoms with Crippen LogP contribution in [0.2, 0.25) is 0 Å². The molecular weight excluding hydrogens is 268 g/mol. The summed E-state index contributed by atoms with van der Waals surface area (Å²) >= 11 is 3.62. The lowest BCUT2D eigenvalue weighted by atomic mass is 10.2. The van der Waals surface area contributed by atoms with Gasteiger partial charge in [-0.3, -0.25) is 4.68 Å². The Bertz CT molecular complexity index is 459. The summed E-state index contributed by atoms with van der Waals surface area (Å²) in [6, 6.07) is 4.03. The summed E-state index contributed by atoms with van der Waals surface area (Å²) in [6.45, 7) is 0.930. The Hall–Kier alpha value is -1.07. The van der Waals surface area contributed by atoms with Gasteiger partial charge in [0, 0.05) is 26.2 Å². The van der Waals surface area contributed by atoms with E-state index in [0.717, 1.165) is 34.5 Å². The maximum absolute atomic E-state index is 4.51. The van der Waals surface area contributed by atoms with Crippen LogP contribution < -0.4 is 5.32 Å². The molecule has 16 heavy (non-hydrogen) atoms. The molecule has 0 radical (unpaired) electrons. The van der Waals surface area contributed by atoms with E-state index in [4.69, 9.17) is 0 Å². The van der Waals surface area contributed by atoms with Gasteiger partial charge >= 0.3 is 0 Å². The highest BCUT2D eigenvalue weighted by Gasteiger charge is 2.15. The fraction of sp³-hybridized carbons (Fsp3) is 0.364. The van der Waals surface area contributed by atoms with Crippen molar-refractivity contribution in [2.75, 3.05) is 13.6 Å². The van der Waals surface area contributed by atoms with E-state index in [-0.39, 0.29) is 0 Å². The number of halogens is 1. The summed E-state index contributed by atoms with van der Waals surface area (Å²) in [5.41, 5.74) is 3.26. The molecule has 0 aliphatic carbocycles. The highest BCUT2D eigenvalue weighted by molar-refractivity contribution is 9.10. The van der Waals surface area contributed by atoms with E-state index in [0.29, 0.717) is 0 Å². The molecule has 0 aliphatic heterocycles. The summed E-state index contributed by atoms with van der Waals surface area (Å²) in [6.07, 6.45) is 2.84. The van der Waals surface area contributed by atoms with Crippen molar-refractivity contribution >= 4 is 15.9 Å². The van der Waals surface area contributed by atoms with Gasteiger partial charge in [0.25, 0.3) is 0 Å². The first-order valence-corrected chi connectivity index (χ1v) is 6.03. The Morgan fingerprint density at radius 2 is 2.38 bits per heavy atom. The van der Waals surface area contributed by atoms with Crippen molar-refractivity contribution in [3.8, 4) is 11.4 Å². The number of nitrogens with zero attached hydrogens (tertiary/aromatic N) is 2. The van der Waals surface area contributed by atoms with Crippen molar-refractivity contribution in [2.45, 2.75) is 6.42 Å². The van der Waals surface area contributed by atoms with Crippen LogP contribution in [0.25, 0.3) is 11.4 Å². The van der Waals surface area contributed by atoms with Crippen LogP contribution in [0.5, 0.6) is 0 Å². The maximum atomic E-state index is 4.51. The van der Waals surface area contributed by atoms with Crippen molar-refractivity contribution in [1.82, 2.24) is 20.1 Å². The zero-order chi connectivity index (χ0) is 11.5. The molecule has 2 heterocycles. The van der Waals surface area contributed by atoms with Gasteiger partial charge in [-0.05, 0) is 35.1 Å². The molecule has 0 saturated heterocycles. The van der Waals surface area contributed by atoms with Crippen molar-refractivity contribution < 1.29 is 0 Å². The fourth-order valence-corrected chi connectivity index (χ4v) is 2.47. The van der Waals surface area contributed by atoms with E-state index in [2.05, 4.69) is 31.3 Å². The lowest BCUT2D eigenvalue weighted by Crippen LogP contribution is -2.11. The Balaban J connectivity index is 2.36. The largest absolute Gasteiger partial charge is 0.360 e. The minimum absolute atomic E-state index is 0.922. The second-order valence-electron chi connectivity index (χ2n) is 3.67. The summed E-state index contributed by atoms with van der Waals surface area (Å²) in [4.78, 5) is 3.20. The van der Waals surface area contributed by atoms with E-state index in [1.54, 1.807) is 0 Å². The fourth-order valence-electron chi connectivity index (χ4n) is 1.73. The topological polar surface area (TPSA) is 45.6 Å². The molecule has 86 valence electrons. The molecule has 0 spiro atoms. The minimum atomic E-state index is 0.922. The number of likely N-dealkylation sites (N-methyl/N-ethyl adjacent to an activating group) is 1. The quantitative estimate of drug-likeness (QED) is 0.900. The van der Waals surface area contributed by atoms with Gasteiger partial charge in [0.15, 0.2) is 0 Å². The first-order chi connectivity index (χ1) is 7.74. The van der Waals surface area contributed by atoms with Crippen molar-refractivity contribution in [1.29, 1.82) is 0 Å². The number of rotatable bonds is 4. The molecule has 0 amide bonds. The number of aromatic nitrogens is 3. The van der Waals surface area contributed by atoms with Crippen LogP contribution in [0, 0.1) is 0 Å². The Morgan fingerprint density at radius 1 is 1.56 bits per heavy atom. The van der Waals surface area contributed by atoms with Crippen molar-refractivity contribution in [2.24, 2.45) is 7.05 Å². The van der Waals surface area contributed by atoms with Gasteiger partial charge in [-0.1, -0.05) is 0 Å². The first-order valence-electron chi connectivity index (χ1n) is 5.23. The van der Waals surface area contributed by atoms with Gasteiger partial charge in [-0.2, -0.15) is 5.10 Å². The highest BCUT2D eigenvalue weighted by Crippen LogP contribution is 2.29. The zero-order valence-electron chi connectivity index (χ0n) is 9.42. The summed E-state index contributed by atoms with van der Waals surface area (Å²) in [5.74, 6) is 0. The smallest absolute Gasteiger partial charge is 0.0986 e. The Kier molecular flexibility index (Phi) is 3.46. The average molecular weight is 283 g/mol. The zero-order valence-corrected chi connectivity index (χ0v) is 11.0. The number of aryl methyl sites for hydroxylation is 1. The van der Waals surface area contributed by atoms with E-state index in [9.17, 15) is 0 Å². The monoisotopic (exact) mass is 282 g/mol. The molecule has 2 rings (SSSR count). The van der Waals surface area contributed by atoms with Crippen molar-refractivity contribution in [3.05, 3.63) is 28.5 Å². The molecule has 2 aromatic heterocycles. The lowest BCUT2D eigenvalue weighted by molar-refractivity contribution is 0.719. The second-order valence-corrected chi connectivity index (χ2v) is 4.46. The maximum Gasteiger partial charge on any atom is 0.0986 e. The van der Waals surface area contributed by atoms with Gasteiger partial charge in [0.2, 0.25) is 0 Å². The molecule has 2 N–H and O–H groups in total. The summed E-state index contributed by atoms with van der Waals surface area (Å²) in [5, 5.41) is 7.64. The molecule has 0 unspecified atom stereocenters. The van der Waals surface area contributed by atoms with Gasteiger partial charge in [0.05, 0.1) is 21.6 Å². The van der Waals surface area contributed by atoms with E-state index < -0.39 is 0 Å². The van der Waals surface area contributed by atoms with Crippen LogP contribution in [-0.4, -0.2) is 28.4 Å². The minimum Gasteiger partial charge on any atom is -0.360 e. The van der Waals surface area contributed by atoms with Gasteiger partial charge < -0.3 is 10.3 Å². The molecule has 4 nitrogen and oxygen atoms in total. The van der Waals surface area contributed by atoms with Crippen LogP contribution in [-0.2, 0) is 13.5 Å². The van der Waals surface area contributed by atoms with Crippen LogP contribution in [0.4, 0.5) is 0 Å². The standard InChI is InChI=1S/C11H15BrN4/c1-13-7-5-8-10(12)11(16(2)15-8)9-4-3-6-14-9/h3-4,6,13-14H,5,7H2,1-2H3. The third kappa shape index (κ3) is 2.05. The van der Waals surface area contributed by atoms with E-state index in [1.165, 1.54) is 0 Å². The molecule has 2 aromatic rings. The highest BCUT2D eigenvalue weighted by atomic mass is 79.9. The SMILES string of the molecule is CNCCc1nn(C)c(-c2ccc[nH]2)c1Br. The molecule has 0 saturated carbocycles. The Morgan fingerprint density at radius 3 is 3.00 bits per heavy atom.